The number of aryl methyl sites for hydroxylation is 1. The molecule has 1 aliphatic carbocycles. The zero-order chi connectivity index (χ0) is 16.5. The van der Waals surface area contributed by atoms with E-state index in [2.05, 4.69) is 15.0 Å². The maximum Gasteiger partial charge on any atom is 0.265 e. The van der Waals surface area contributed by atoms with Gasteiger partial charge in [-0.3, -0.25) is 4.79 Å². The van der Waals surface area contributed by atoms with Crippen molar-refractivity contribution < 1.29 is 4.79 Å². The zero-order valence-electron chi connectivity index (χ0n) is 13.9. The van der Waals surface area contributed by atoms with Crippen molar-refractivity contribution in [2.75, 3.05) is 13.1 Å². The SMILES string of the molecule is Cc1nc(-c2ncccn2)sc1C(=O)N1CC[C@@H]2CCCC[C@@H]2C1. The van der Waals surface area contributed by atoms with Gasteiger partial charge in [-0.2, -0.15) is 0 Å². The fourth-order valence-corrected chi connectivity index (χ4v) is 5.01. The fraction of sp³-hybridized carbons (Fsp3) is 0.556. The Hall–Kier alpha value is -1.82. The highest BCUT2D eigenvalue weighted by atomic mass is 32.1. The summed E-state index contributed by atoms with van der Waals surface area (Å²) < 4.78 is 0. The molecule has 0 aromatic carbocycles. The number of carbonyl (C=O) groups excluding carboxylic acids is 1. The molecule has 5 nitrogen and oxygen atoms in total. The molecule has 0 bridgehead atoms. The number of aromatic nitrogens is 3. The van der Waals surface area contributed by atoms with E-state index in [1.54, 1.807) is 18.5 Å². The van der Waals surface area contributed by atoms with E-state index in [-0.39, 0.29) is 5.91 Å². The molecule has 2 aliphatic rings. The number of hydrogen-bond acceptors (Lipinski definition) is 5. The van der Waals surface area contributed by atoms with Crippen molar-refractivity contribution in [3.8, 4) is 10.8 Å². The van der Waals surface area contributed by atoms with Gasteiger partial charge in [-0.25, -0.2) is 15.0 Å². The van der Waals surface area contributed by atoms with Crippen LogP contribution >= 0.6 is 11.3 Å². The Kier molecular flexibility index (Phi) is 4.31. The third kappa shape index (κ3) is 2.95. The number of fused-ring (bicyclic) bond motifs is 1. The molecule has 1 saturated carbocycles. The molecule has 6 heteroatoms. The molecule has 1 saturated heterocycles. The van der Waals surface area contributed by atoms with Crippen LogP contribution in [0.2, 0.25) is 0 Å². The lowest BCUT2D eigenvalue weighted by Gasteiger charge is -2.41. The van der Waals surface area contributed by atoms with E-state index < -0.39 is 0 Å². The molecule has 3 heterocycles. The number of piperidine rings is 1. The molecule has 2 fully saturated rings. The van der Waals surface area contributed by atoms with Crippen LogP contribution in [0.5, 0.6) is 0 Å². The van der Waals surface area contributed by atoms with E-state index >= 15 is 0 Å². The molecule has 1 amide bonds. The Morgan fingerprint density at radius 1 is 1.17 bits per heavy atom. The largest absolute Gasteiger partial charge is 0.338 e. The van der Waals surface area contributed by atoms with Crippen molar-refractivity contribution >= 4 is 17.2 Å². The lowest BCUT2D eigenvalue weighted by molar-refractivity contribution is 0.0524. The monoisotopic (exact) mass is 342 g/mol. The number of thiazole rings is 1. The van der Waals surface area contributed by atoms with E-state index in [9.17, 15) is 4.79 Å². The number of likely N-dealkylation sites (tertiary alicyclic amines) is 1. The number of carbonyl (C=O) groups is 1. The minimum atomic E-state index is 0.135. The van der Waals surface area contributed by atoms with Crippen LogP contribution in [0, 0.1) is 18.8 Å². The summed E-state index contributed by atoms with van der Waals surface area (Å²) >= 11 is 1.42. The van der Waals surface area contributed by atoms with Crippen LogP contribution in [0.3, 0.4) is 0 Å². The van der Waals surface area contributed by atoms with Crippen LogP contribution in [0.1, 0.15) is 47.5 Å². The normalized spacial score (nSPS) is 23.8. The van der Waals surface area contributed by atoms with Gasteiger partial charge in [0, 0.05) is 25.5 Å². The van der Waals surface area contributed by atoms with E-state index in [1.165, 1.54) is 37.0 Å². The Balaban J connectivity index is 1.53. The summed E-state index contributed by atoms with van der Waals surface area (Å²) in [6, 6.07) is 1.78. The molecule has 24 heavy (non-hydrogen) atoms. The minimum absolute atomic E-state index is 0.135. The third-order valence-corrected chi connectivity index (χ3v) is 6.47. The lowest BCUT2D eigenvalue weighted by Crippen LogP contribution is -2.44. The topological polar surface area (TPSA) is 59.0 Å². The highest BCUT2D eigenvalue weighted by Crippen LogP contribution is 2.37. The van der Waals surface area contributed by atoms with E-state index in [0.29, 0.717) is 11.7 Å². The van der Waals surface area contributed by atoms with Crippen LogP contribution in [0.15, 0.2) is 18.5 Å². The molecular formula is C18H22N4OS. The van der Waals surface area contributed by atoms with Gasteiger partial charge in [0.1, 0.15) is 4.88 Å². The Bertz CT molecular complexity index is 730. The van der Waals surface area contributed by atoms with Crippen molar-refractivity contribution in [2.45, 2.75) is 39.0 Å². The van der Waals surface area contributed by atoms with Crippen LogP contribution in [0.4, 0.5) is 0 Å². The second-order valence-electron chi connectivity index (χ2n) is 6.85. The van der Waals surface area contributed by atoms with Crippen molar-refractivity contribution in [3.63, 3.8) is 0 Å². The molecule has 2 atom stereocenters. The van der Waals surface area contributed by atoms with Gasteiger partial charge in [-0.1, -0.05) is 19.3 Å². The molecule has 2 aromatic heterocycles. The number of amides is 1. The van der Waals surface area contributed by atoms with Crippen LogP contribution in [-0.2, 0) is 0 Å². The highest BCUT2D eigenvalue weighted by Gasteiger charge is 2.34. The molecule has 0 radical (unpaired) electrons. The van der Waals surface area contributed by atoms with Gasteiger partial charge in [0.2, 0.25) is 0 Å². The molecular weight excluding hydrogens is 320 g/mol. The van der Waals surface area contributed by atoms with Gasteiger partial charge < -0.3 is 4.90 Å². The Morgan fingerprint density at radius 2 is 1.92 bits per heavy atom. The minimum Gasteiger partial charge on any atom is -0.338 e. The number of rotatable bonds is 2. The second kappa shape index (κ2) is 6.59. The van der Waals surface area contributed by atoms with E-state index in [0.717, 1.165) is 41.0 Å². The molecule has 0 unspecified atom stereocenters. The molecule has 2 aromatic rings. The fourth-order valence-electron chi connectivity index (χ4n) is 4.03. The van der Waals surface area contributed by atoms with Crippen molar-refractivity contribution in [1.82, 2.24) is 19.9 Å². The molecule has 1 aliphatic heterocycles. The van der Waals surface area contributed by atoms with Crippen molar-refractivity contribution in [2.24, 2.45) is 11.8 Å². The smallest absolute Gasteiger partial charge is 0.265 e. The van der Waals surface area contributed by atoms with Gasteiger partial charge in [-0.15, -0.1) is 11.3 Å². The summed E-state index contributed by atoms with van der Waals surface area (Å²) in [4.78, 5) is 28.8. The first-order valence-corrected chi connectivity index (χ1v) is 9.58. The predicted octanol–water partition coefficient (Wildman–Crippen LogP) is 3.56. The standard InChI is InChI=1S/C18H22N4OS/c1-12-15(24-17(21-12)16-19-8-4-9-20-16)18(23)22-10-7-13-5-2-3-6-14(13)11-22/h4,8-9,13-14H,2-3,5-7,10-11H2,1H3/t13-,14+/m0/s1. The van der Waals surface area contributed by atoms with Crippen molar-refractivity contribution in [3.05, 3.63) is 29.0 Å². The van der Waals surface area contributed by atoms with Gasteiger partial charge >= 0.3 is 0 Å². The lowest BCUT2D eigenvalue weighted by atomic mass is 9.75. The van der Waals surface area contributed by atoms with Gasteiger partial charge in [0.25, 0.3) is 5.91 Å². The third-order valence-electron chi connectivity index (χ3n) is 5.33. The highest BCUT2D eigenvalue weighted by molar-refractivity contribution is 7.17. The summed E-state index contributed by atoms with van der Waals surface area (Å²) in [6.45, 7) is 3.70. The predicted molar refractivity (Wildman–Crippen MR) is 93.8 cm³/mol. The van der Waals surface area contributed by atoms with E-state index in [4.69, 9.17) is 0 Å². The molecule has 0 spiro atoms. The summed E-state index contributed by atoms with van der Waals surface area (Å²) in [5.74, 6) is 2.26. The first-order chi connectivity index (χ1) is 11.7. The second-order valence-corrected chi connectivity index (χ2v) is 7.85. The first-order valence-electron chi connectivity index (χ1n) is 8.76. The summed E-state index contributed by atoms with van der Waals surface area (Å²) in [6.07, 6.45) is 9.87. The van der Waals surface area contributed by atoms with Crippen LogP contribution in [-0.4, -0.2) is 38.8 Å². The molecule has 0 N–H and O–H groups in total. The first kappa shape index (κ1) is 15.7. The van der Waals surface area contributed by atoms with Gasteiger partial charge in [-0.05, 0) is 37.7 Å². The average molecular weight is 342 g/mol. The summed E-state index contributed by atoms with van der Waals surface area (Å²) in [5.41, 5.74) is 0.790. The Morgan fingerprint density at radius 3 is 2.71 bits per heavy atom. The van der Waals surface area contributed by atoms with E-state index in [1.807, 2.05) is 11.8 Å². The quantitative estimate of drug-likeness (QED) is 0.837. The number of nitrogens with zero attached hydrogens (tertiary/aromatic N) is 4. The molecule has 4 rings (SSSR count). The summed E-state index contributed by atoms with van der Waals surface area (Å²) in [7, 11) is 0. The summed E-state index contributed by atoms with van der Waals surface area (Å²) in [5, 5.41) is 0.726. The van der Waals surface area contributed by atoms with Crippen molar-refractivity contribution in [1.29, 1.82) is 0 Å². The van der Waals surface area contributed by atoms with Gasteiger partial charge in [0.15, 0.2) is 10.8 Å². The molecule has 126 valence electrons. The maximum atomic E-state index is 13.0. The van der Waals surface area contributed by atoms with Crippen LogP contribution < -0.4 is 0 Å². The Labute approximate surface area is 146 Å². The zero-order valence-corrected chi connectivity index (χ0v) is 14.8. The maximum absolute atomic E-state index is 13.0. The van der Waals surface area contributed by atoms with Gasteiger partial charge in [0.05, 0.1) is 5.69 Å². The number of hydrogen-bond donors (Lipinski definition) is 0. The van der Waals surface area contributed by atoms with Crippen LogP contribution in [0.25, 0.3) is 10.8 Å². The average Bonchev–Trinajstić information content (AvgIpc) is 3.03.